The number of nitrogens with zero attached hydrogens (tertiary/aromatic N) is 4. The summed E-state index contributed by atoms with van der Waals surface area (Å²) in [6.45, 7) is 5.18. The minimum Gasteiger partial charge on any atom is -0.451 e. The van der Waals surface area contributed by atoms with Crippen molar-refractivity contribution < 1.29 is 32.3 Å². The Hall–Kier alpha value is -4.59. The number of ether oxygens (including phenoxy) is 2. The third kappa shape index (κ3) is 6.45. The average Bonchev–Trinajstić information content (AvgIpc) is 3.26. The number of likely N-dealkylation sites (N-methyl/N-ethyl adjacent to an activating group) is 1. The lowest BCUT2D eigenvalue weighted by Gasteiger charge is -2.39. The standard InChI is InChI=1S/C35H39N5O7S/c1-35(24-46-34(43)37-17-18-39-21-19-38(2)20-22-39)30(33(42)47-29(25-11-5-3-6-12-25)26-13-7-4-8-14-26)40-31(41)28(32(40)48(35,44)45)23-27-15-9-10-16-36-27/h3-16,23,29-30,32H,17-22,24H2,1-2H3,(H,37,43)/b28-23-/t30-,32+,35-/m0/s1. The van der Waals surface area contributed by atoms with E-state index in [0.29, 0.717) is 29.9 Å². The van der Waals surface area contributed by atoms with Crippen molar-refractivity contribution in [1.82, 2.24) is 25.0 Å². The van der Waals surface area contributed by atoms with Crippen LogP contribution in [-0.2, 0) is 28.9 Å². The fourth-order valence-electron chi connectivity index (χ4n) is 6.41. The Kier molecular flexibility index (Phi) is 9.63. The number of carbonyl (C=O) groups is 3. The lowest BCUT2D eigenvalue weighted by atomic mass is 9.94. The van der Waals surface area contributed by atoms with E-state index in [1.165, 1.54) is 19.2 Å². The third-order valence-corrected chi connectivity index (χ3v) is 11.9. The number of hydrogen-bond acceptors (Lipinski definition) is 10. The lowest BCUT2D eigenvalue weighted by Crippen LogP contribution is -2.60. The van der Waals surface area contributed by atoms with Gasteiger partial charge in [-0.25, -0.2) is 18.0 Å². The van der Waals surface area contributed by atoms with Crippen LogP contribution in [0.25, 0.3) is 6.08 Å². The number of alkyl carbamates (subject to hydrolysis) is 1. The first-order valence-electron chi connectivity index (χ1n) is 15.9. The van der Waals surface area contributed by atoms with Gasteiger partial charge >= 0.3 is 12.1 Å². The molecule has 2 aromatic carbocycles. The van der Waals surface area contributed by atoms with E-state index in [9.17, 15) is 22.8 Å². The molecule has 0 spiro atoms. The van der Waals surface area contributed by atoms with Gasteiger partial charge in [0.05, 0.1) is 11.3 Å². The lowest BCUT2D eigenvalue weighted by molar-refractivity contribution is -0.161. The normalized spacial score (nSPS) is 24.6. The van der Waals surface area contributed by atoms with E-state index in [2.05, 4.69) is 27.1 Å². The monoisotopic (exact) mass is 673 g/mol. The number of β-lactam (4-membered cyclic amide) rings is 1. The Balaban J connectivity index is 1.26. The van der Waals surface area contributed by atoms with Crippen molar-refractivity contribution in [3.63, 3.8) is 0 Å². The Bertz CT molecular complexity index is 1730. The number of sulfone groups is 1. The molecule has 1 aromatic heterocycles. The first-order chi connectivity index (χ1) is 23.1. The van der Waals surface area contributed by atoms with Crippen LogP contribution >= 0.6 is 0 Å². The highest BCUT2D eigenvalue weighted by Gasteiger charge is 2.73. The van der Waals surface area contributed by atoms with E-state index in [-0.39, 0.29) is 5.57 Å². The van der Waals surface area contributed by atoms with Crippen LogP contribution in [0.3, 0.4) is 0 Å². The van der Waals surface area contributed by atoms with Gasteiger partial charge in [-0.2, -0.15) is 0 Å². The summed E-state index contributed by atoms with van der Waals surface area (Å²) in [4.78, 5) is 50.4. The molecular formula is C35H39N5O7S. The van der Waals surface area contributed by atoms with Gasteiger partial charge in [0.15, 0.2) is 27.4 Å². The number of nitrogens with one attached hydrogen (secondary N) is 1. The molecule has 0 aliphatic carbocycles. The van der Waals surface area contributed by atoms with E-state index in [0.717, 1.165) is 31.1 Å². The molecule has 12 nitrogen and oxygen atoms in total. The van der Waals surface area contributed by atoms with Crippen molar-refractivity contribution in [2.24, 2.45) is 0 Å². The van der Waals surface area contributed by atoms with Crippen molar-refractivity contribution in [2.75, 3.05) is 52.9 Å². The second kappa shape index (κ2) is 13.9. The van der Waals surface area contributed by atoms with Gasteiger partial charge in [-0.15, -0.1) is 0 Å². The topological polar surface area (TPSA) is 138 Å². The number of fused-ring (bicyclic) bond motifs is 1. The summed E-state index contributed by atoms with van der Waals surface area (Å²) in [5.41, 5.74) is 1.71. The molecule has 1 N–H and O–H groups in total. The number of hydrogen-bond donors (Lipinski definition) is 1. The van der Waals surface area contributed by atoms with Gasteiger partial charge in [0, 0.05) is 45.5 Å². The van der Waals surface area contributed by atoms with Crippen LogP contribution in [0.15, 0.2) is 90.6 Å². The van der Waals surface area contributed by atoms with Crippen molar-refractivity contribution >= 4 is 33.9 Å². The van der Waals surface area contributed by atoms with Crippen LogP contribution in [0, 0.1) is 0 Å². The van der Waals surface area contributed by atoms with Gasteiger partial charge in [0.2, 0.25) is 0 Å². The van der Waals surface area contributed by atoms with E-state index >= 15 is 0 Å². The Morgan fingerprint density at radius 1 is 0.979 bits per heavy atom. The second-order valence-corrected chi connectivity index (χ2v) is 14.9. The van der Waals surface area contributed by atoms with Crippen LogP contribution in [-0.4, -0.2) is 115 Å². The highest BCUT2D eigenvalue weighted by Crippen LogP contribution is 2.50. The maximum Gasteiger partial charge on any atom is 0.407 e. The molecule has 48 heavy (non-hydrogen) atoms. The van der Waals surface area contributed by atoms with Crippen LogP contribution in [0.5, 0.6) is 0 Å². The molecule has 252 valence electrons. The predicted octanol–water partition coefficient (Wildman–Crippen LogP) is 2.50. The number of benzene rings is 2. The minimum atomic E-state index is -4.34. The molecule has 6 rings (SSSR count). The van der Waals surface area contributed by atoms with Crippen molar-refractivity contribution in [2.45, 2.75) is 29.2 Å². The molecule has 3 fully saturated rings. The van der Waals surface area contributed by atoms with Crippen LogP contribution in [0.4, 0.5) is 4.79 Å². The quantitative estimate of drug-likeness (QED) is 0.194. The summed E-state index contributed by atoms with van der Waals surface area (Å²) in [7, 11) is -2.28. The molecule has 4 heterocycles. The smallest absolute Gasteiger partial charge is 0.407 e. The van der Waals surface area contributed by atoms with E-state index in [1.54, 1.807) is 42.5 Å². The van der Waals surface area contributed by atoms with E-state index in [4.69, 9.17) is 9.47 Å². The third-order valence-electron chi connectivity index (χ3n) is 9.24. The molecular weight excluding hydrogens is 634 g/mol. The number of carbonyl (C=O) groups excluding carboxylic acids is 3. The highest BCUT2D eigenvalue weighted by molar-refractivity contribution is 7.94. The highest BCUT2D eigenvalue weighted by atomic mass is 32.2. The summed E-state index contributed by atoms with van der Waals surface area (Å²) in [5, 5.41) is 1.25. The summed E-state index contributed by atoms with van der Waals surface area (Å²) in [6, 6.07) is 21.6. The molecule has 3 saturated heterocycles. The van der Waals surface area contributed by atoms with Crippen LogP contribution in [0.1, 0.15) is 29.8 Å². The molecule has 0 unspecified atom stereocenters. The fraction of sp³-hybridized carbons (Fsp3) is 0.371. The Morgan fingerprint density at radius 3 is 2.21 bits per heavy atom. The first-order valence-corrected chi connectivity index (χ1v) is 17.5. The van der Waals surface area contributed by atoms with E-state index in [1.807, 2.05) is 36.4 Å². The molecule has 0 radical (unpaired) electrons. The number of aromatic nitrogens is 1. The SMILES string of the molecule is CN1CCN(CCNC(=O)OC[C@@]2(C)[C@H](C(=O)OC(c3ccccc3)c3ccccc3)N3C(=O)/C(=C/c4ccccn4)[C@H]3S2(=O)=O)CC1. The summed E-state index contributed by atoms with van der Waals surface area (Å²) >= 11 is 0. The van der Waals surface area contributed by atoms with Gasteiger partial charge in [0.25, 0.3) is 5.91 Å². The molecule has 0 bridgehead atoms. The zero-order valence-corrected chi connectivity index (χ0v) is 27.7. The minimum absolute atomic E-state index is 0.0190. The summed E-state index contributed by atoms with van der Waals surface area (Å²) < 4.78 is 38.3. The van der Waals surface area contributed by atoms with Gasteiger partial charge < -0.3 is 24.6 Å². The van der Waals surface area contributed by atoms with Crippen LogP contribution < -0.4 is 5.32 Å². The Morgan fingerprint density at radius 2 is 1.60 bits per heavy atom. The molecule has 3 aromatic rings. The maximum absolute atomic E-state index is 14.3. The van der Waals surface area contributed by atoms with Gasteiger partial charge in [-0.3, -0.25) is 14.7 Å². The molecule has 3 atom stereocenters. The summed E-state index contributed by atoms with van der Waals surface area (Å²) in [5.74, 6) is -1.56. The predicted molar refractivity (Wildman–Crippen MR) is 178 cm³/mol. The second-order valence-electron chi connectivity index (χ2n) is 12.5. The van der Waals surface area contributed by atoms with Crippen LogP contribution in [0.2, 0.25) is 0 Å². The molecule has 3 aliphatic heterocycles. The average molecular weight is 674 g/mol. The zero-order valence-electron chi connectivity index (χ0n) is 26.9. The largest absolute Gasteiger partial charge is 0.451 e. The molecule has 0 saturated carbocycles. The maximum atomic E-state index is 14.3. The fourth-order valence-corrected chi connectivity index (χ4v) is 8.68. The number of amides is 2. The van der Waals surface area contributed by atoms with Gasteiger partial charge in [0.1, 0.15) is 11.4 Å². The number of piperazine rings is 1. The zero-order chi connectivity index (χ0) is 33.9. The Labute approximate surface area is 280 Å². The van der Waals surface area contributed by atoms with Gasteiger partial charge in [-0.1, -0.05) is 66.7 Å². The van der Waals surface area contributed by atoms with Crippen molar-refractivity contribution in [3.8, 4) is 0 Å². The number of rotatable bonds is 10. The first kappa shape index (κ1) is 33.3. The molecule has 13 heteroatoms. The van der Waals surface area contributed by atoms with E-state index < -0.39 is 56.7 Å². The number of esters is 1. The number of pyridine rings is 1. The summed E-state index contributed by atoms with van der Waals surface area (Å²) in [6.07, 6.45) is 1.25. The molecule has 2 amide bonds. The molecule has 3 aliphatic rings. The van der Waals surface area contributed by atoms with Gasteiger partial charge in [-0.05, 0) is 43.3 Å². The van der Waals surface area contributed by atoms with Crippen molar-refractivity contribution in [1.29, 1.82) is 0 Å². The van der Waals surface area contributed by atoms with Crippen molar-refractivity contribution in [3.05, 3.63) is 107 Å².